The Bertz CT molecular complexity index is 767. The van der Waals surface area contributed by atoms with Crippen LogP contribution < -0.4 is 10.6 Å². The summed E-state index contributed by atoms with van der Waals surface area (Å²) >= 11 is 0. The van der Waals surface area contributed by atoms with Crippen molar-refractivity contribution in [1.82, 2.24) is 0 Å². The monoisotopic (exact) mass is 326 g/mol. The molecule has 1 saturated carbocycles. The van der Waals surface area contributed by atoms with Crippen molar-refractivity contribution in [3.8, 4) is 0 Å². The van der Waals surface area contributed by atoms with Crippen LogP contribution in [0.2, 0.25) is 0 Å². The summed E-state index contributed by atoms with van der Waals surface area (Å²) in [4.78, 5) is 25.1. The lowest BCUT2D eigenvalue weighted by Crippen LogP contribution is -2.35. The van der Waals surface area contributed by atoms with Crippen LogP contribution in [-0.2, 0) is 16.0 Å². The van der Waals surface area contributed by atoms with Crippen LogP contribution in [0, 0.1) is 11.2 Å². The van der Waals surface area contributed by atoms with E-state index in [4.69, 9.17) is 0 Å². The van der Waals surface area contributed by atoms with E-state index in [0.717, 1.165) is 17.7 Å². The number of carbonyl (C=O) groups is 2. The molecule has 24 heavy (non-hydrogen) atoms. The highest BCUT2D eigenvalue weighted by Gasteiger charge is 2.56. The molecule has 1 aliphatic rings. The molecule has 1 fully saturated rings. The Morgan fingerprint density at radius 1 is 1.00 bits per heavy atom. The number of amides is 2. The molecule has 2 aromatic rings. The molecule has 0 atom stereocenters. The molecule has 0 saturated heterocycles. The van der Waals surface area contributed by atoms with Gasteiger partial charge in [-0.25, -0.2) is 4.39 Å². The molecule has 5 heteroatoms. The van der Waals surface area contributed by atoms with Gasteiger partial charge in [0.1, 0.15) is 11.2 Å². The zero-order valence-electron chi connectivity index (χ0n) is 13.4. The first-order valence-corrected chi connectivity index (χ1v) is 8.01. The van der Waals surface area contributed by atoms with E-state index in [9.17, 15) is 14.0 Å². The van der Waals surface area contributed by atoms with Gasteiger partial charge in [0.15, 0.2) is 0 Å². The van der Waals surface area contributed by atoms with Gasteiger partial charge in [0.05, 0.1) is 0 Å². The first-order chi connectivity index (χ1) is 11.5. The van der Waals surface area contributed by atoms with E-state index in [2.05, 4.69) is 10.6 Å². The minimum absolute atomic E-state index is 0.289. The molecular formula is C19H19FN2O2. The topological polar surface area (TPSA) is 58.2 Å². The standard InChI is InChI=1S/C19H19FN2O2/c1-2-13-5-3-4-6-16(13)22-18(24)19(11-12-19)17(23)21-15-9-7-14(20)8-10-15/h3-10H,2,11-12H2,1H3,(H,21,23)(H,22,24). The zero-order valence-corrected chi connectivity index (χ0v) is 13.4. The van der Waals surface area contributed by atoms with Crippen LogP contribution in [0.3, 0.4) is 0 Å². The van der Waals surface area contributed by atoms with Gasteiger partial charge < -0.3 is 10.6 Å². The van der Waals surface area contributed by atoms with E-state index in [1.165, 1.54) is 24.3 Å². The van der Waals surface area contributed by atoms with Crippen LogP contribution >= 0.6 is 0 Å². The van der Waals surface area contributed by atoms with Crippen molar-refractivity contribution in [3.63, 3.8) is 0 Å². The van der Waals surface area contributed by atoms with Gasteiger partial charge in [-0.15, -0.1) is 0 Å². The van der Waals surface area contributed by atoms with Crippen LogP contribution in [0.1, 0.15) is 25.3 Å². The minimum Gasteiger partial charge on any atom is -0.325 e. The maximum atomic E-state index is 12.9. The Balaban J connectivity index is 1.71. The Morgan fingerprint density at radius 2 is 1.62 bits per heavy atom. The summed E-state index contributed by atoms with van der Waals surface area (Å²) in [5.74, 6) is -1.01. The first kappa shape index (κ1) is 16.2. The number of para-hydroxylation sites is 1. The second kappa shape index (κ2) is 6.43. The number of carbonyl (C=O) groups excluding carboxylic acids is 2. The highest BCUT2D eigenvalue weighted by Crippen LogP contribution is 2.47. The van der Waals surface area contributed by atoms with Crippen molar-refractivity contribution < 1.29 is 14.0 Å². The number of hydrogen-bond donors (Lipinski definition) is 2. The average molecular weight is 326 g/mol. The lowest BCUT2D eigenvalue weighted by molar-refractivity contribution is -0.131. The summed E-state index contributed by atoms with van der Waals surface area (Å²) in [7, 11) is 0. The molecule has 0 aliphatic heterocycles. The van der Waals surface area contributed by atoms with Crippen LogP contribution in [0.4, 0.5) is 15.8 Å². The molecular weight excluding hydrogens is 307 g/mol. The van der Waals surface area contributed by atoms with E-state index < -0.39 is 5.41 Å². The third-order valence-electron chi connectivity index (χ3n) is 4.37. The van der Waals surface area contributed by atoms with Gasteiger partial charge in [-0.3, -0.25) is 9.59 Å². The number of hydrogen-bond acceptors (Lipinski definition) is 2. The van der Waals surface area contributed by atoms with Crippen LogP contribution in [0.5, 0.6) is 0 Å². The Kier molecular flexibility index (Phi) is 4.34. The number of nitrogens with one attached hydrogen (secondary N) is 2. The molecule has 0 bridgehead atoms. The summed E-state index contributed by atoms with van der Waals surface area (Å²) in [5, 5.41) is 5.58. The lowest BCUT2D eigenvalue weighted by Gasteiger charge is -2.17. The largest absolute Gasteiger partial charge is 0.325 e. The molecule has 124 valence electrons. The maximum absolute atomic E-state index is 12.9. The Hall–Kier alpha value is -2.69. The summed E-state index contributed by atoms with van der Waals surface area (Å²) in [6, 6.07) is 13.1. The highest BCUT2D eigenvalue weighted by molar-refractivity contribution is 6.17. The predicted molar refractivity (Wildman–Crippen MR) is 91.1 cm³/mol. The molecule has 0 spiro atoms. The summed E-state index contributed by atoms with van der Waals surface area (Å²) in [5.41, 5.74) is 1.22. The highest BCUT2D eigenvalue weighted by atomic mass is 19.1. The fourth-order valence-corrected chi connectivity index (χ4v) is 2.66. The van der Waals surface area contributed by atoms with Crippen LogP contribution in [-0.4, -0.2) is 11.8 Å². The fraction of sp³-hybridized carbons (Fsp3) is 0.263. The number of aryl methyl sites for hydroxylation is 1. The molecule has 2 amide bonds. The van der Waals surface area contributed by atoms with E-state index in [0.29, 0.717) is 18.5 Å². The number of benzene rings is 2. The summed E-state index contributed by atoms with van der Waals surface area (Å²) < 4.78 is 12.9. The second-order valence-corrected chi connectivity index (χ2v) is 6.01. The Labute approximate surface area is 140 Å². The number of anilines is 2. The molecule has 4 nitrogen and oxygen atoms in total. The molecule has 2 N–H and O–H groups in total. The molecule has 0 aromatic heterocycles. The maximum Gasteiger partial charge on any atom is 0.240 e. The van der Waals surface area contributed by atoms with Crippen molar-refractivity contribution in [3.05, 3.63) is 59.9 Å². The zero-order chi connectivity index (χ0) is 17.2. The normalized spacial score (nSPS) is 14.8. The Morgan fingerprint density at radius 3 is 2.25 bits per heavy atom. The number of halogens is 1. The fourth-order valence-electron chi connectivity index (χ4n) is 2.66. The van der Waals surface area contributed by atoms with Gasteiger partial charge in [-0.05, 0) is 55.2 Å². The van der Waals surface area contributed by atoms with Crippen molar-refractivity contribution in [2.45, 2.75) is 26.2 Å². The van der Waals surface area contributed by atoms with E-state index in [-0.39, 0.29) is 17.6 Å². The van der Waals surface area contributed by atoms with Gasteiger partial charge in [0.2, 0.25) is 11.8 Å². The van der Waals surface area contributed by atoms with Crippen LogP contribution in [0.25, 0.3) is 0 Å². The minimum atomic E-state index is -1.03. The molecule has 0 heterocycles. The SMILES string of the molecule is CCc1ccccc1NC(=O)C1(C(=O)Nc2ccc(F)cc2)CC1. The van der Waals surface area contributed by atoms with Gasteiger partial charge in [0, 0.05) is 11.4 Å². The van der Waals surface area contributed by atoms with E-state index >= 15 is 0 Å². The smallest absolute Gasteiger partial charge is 0.240 e. The van der Waals surface area contributed by atoms with Gasteiger partial charge >= 0.3 is 0 Å². The van der Waals surface area contributed by atoms with Crippen molar-refractivity contribution in [2.24, 2.45) is 5.41 Å². The second-order valence-electron chi connectivity index (χ2n) is 6.01. The van der Waals surface area contributed by atoms with Gasteiger partial charge in [0.25, 0.3) is 0 Å². The quantitative estimate of drug-likeness (QED) is 0.822. The summed E-state index contributed by atoms with van der Waals surface area (Å²) in [6.07, 6.45) is 1.82. The van der Waals surface area contributed by atoms with E-state index in [1.807, 2.05) is 31.2 Å². The molecule has 1 aliphatic carbocycles. The molecule has 2 aromatic carbocycles. The third kappa shape index (κ3) is 3.15. The van der Waals surface area contributed by atoms with Crippen molar-refractivity contribution >= 4 is 23.2 Å². The molecule has 3 rings (SSSR count). The molecule has 0 unspecified atom stereocenters. The number of rotatable bonds is 5. The third-order valence-corrected chi connectivity index (χ3v) is 4.37. The summed E-state index contributed by atoms with van der Waals surface area (Å²) in [6.45, 7) is 2.01. The first-order valence-electron chi connectivity index (χ1n) is 8.01. The van der Waals surface area contributed by atoms with Gasteiger partial charge in [-0.2, -0.15) is 0 Å². The van der Waals surface area contributed by atoms with Crippen molar-refractivity contribution in [2.75, 3.05) is 10.6 Å². The van der Waals surface area contributed by atoms with Gasteiger partial charge in [-0.1, -0.05) is 25.1 Å². The van der Waals surface area contributed by atoms with Crippen LogP contribution in [0.15, 0.2) is 48.5 Å². The average Bonchev–Trinajstić information content (AvgIpc) is 3.39. The lowest BCUT2D eigenvalue weighted by atomic mass is 10.0. The van der Waals surface area contributed by atoms with E-state index in [1.54, 1.807) is 0 Å². The molecule has 0 radical (unpaired) electrons. The predicted octanol–water partition coefficient (Wildman–Crippen LogP) is 3.75. The van der Waals surface area contributed by atoms with Crippen molar-refractivity contribution in [1.29, 1.82) is 0 Å².